The molecule has 0 bridgehead atoms. The maximum absolute atomic E-state index is 12.1. The van der Waals surface area contributed by atoms with Crippen LogP contribution in [0.4, 0.5) is 4.79 Å². The van der Waals surface area contributed by atoms with Crippen LogP contribution in [0.2, 0.25) is 0 Å². The molecule has 0 aliphatic carbocycles. The molecule has 1 saturated heterocycles. The van der Waals surface area contributed by atoms with Crippen LogP contribution in [0.3, 0.4) is 0 Å². The minimum Gasteiger partial charge on any atom is -0.445 e. The Morgan fingerprint density at radius 3 is 2.74 bits per heavy atom. The van der Waals surface area contributed by atoms with Gasteiger partial charge in [-0.1, -0.05) is 30.3 Å². The van der Waals surface area contributed by atoms with Crippen LogP contribution in [0, 0.1) is 0 Å². The van der Waals surface area contributed by atoms with Crippen LogP contribution in [0.25, 0.3) is 0 Å². The molecule has 4 heteroatoms. The molecule has 0 spiro atoms. The van der Waals surface area contributed by atoms with Gasteiger partial charge in [0.15, 0.2) is 0 Å². The molecule has 4 nitrogen and oxygen atoms in total. The van der Waals surface area contributed by atoms with Crippen molar-refractivity contribution in [3.05, 3.63) is 35.9 Å². The molecule has 0 aromatic heterocycles. The highest BCUT2D eigenvalue weighted by Crippen LogP contribution is 2.27. The van der Waals surface area contributed by atoms with E-state index in [1.165, 1.54) is 0 Å². The molecule has 0 saturated carbocycles. The minimum absolute atomic E-state index is 0.157. The van der Waals surface area contributed by atoms with Crippen molar-refractivity contribution in [1.82, 2.24) is 4.90 Å². The molecule has 1 aliphatic rings. The molecule has 1 amide bonds. The first-order valence-corrected chi connectivity index (χ1v) is 6.68. The zero-order valence-corrected chi connectivity index (χ0v) is 11.5. The summed E-state index contributed by atoms with van der Waals surface area (Å²) in [7, 11) is 0. The molecule has 1 aromatic carbocycles. The molecule has 1 aromatic rings. The first-order chi connectivity index (χ1) is 8.98. The maximum atomic E-state index is 12.1. The zero-order chi connectivity index (χ0) is 13.9. The van der Waals surface area contributed by atoms with Crippen LogP contribution >= 0.6 is 0 Å². The molecular weight excluding hydrogens is 242 g/mol. The van der Waals surface area contributed by atoms with Gasteiger partial charge in [0.2, 0.25) is 0 Å². The Morgan fingerprint density at radius 1 is 1.42 bits per heavy atom. The third-order valence-corrected chi connectivity index (χ3v) is 3.51. The molecule has 1 fully saturated rings. The number of hydrogen-bond donors (Lipinski definition) is 1. The summed E-state index contributed by atoms with van der Waals surface area (Å²) in [5.74, 6) is 0. The predicted octanol–water partition coefficient (Wildman–Crippen LogP) is 2.56. The SMILES string of the molecule is CC(C)(O)C1CCCN1C(=O)OCc1ccccc1. The zero-order valence-electron chi connectivity index (χ0n) is 11.5. The number of likely N-dealkylation sites (tertiary alicyclic amines) is 1. The summed E-state index contributed by atoms with van der Waals surface area (Å²) >= 11 is 0. The lowest BCUT2D eigenvalue weighted by atomic mass is 9.97. The summed E-state index contributed by atoms with van der Waals surface area (Å²) in [6, 6.07) is 9.44. The molecule has 1 atom stereocenters. The quantitative estimate of drug-likeness (QED) is 0.911. The Labute approximate surface area is 114 Å². The lowest BCUT2D eigenvalue weighted by Crippen LogP contribution is -2.48. The van der Waals surface area contributed by atoms with Gasteiger partial charge in [0.05, 0.1) is 11.6 Å². The van der Waals surface area contributed by atoms with Crippen LogP contribution < -0.4 is 0 Å². The molecule has 1 heterocycles. The normalized spacial score (nSPS) is 19.5. The van der Waals surface area contributed by atoms with Gasteiger partial charge in [-0.25, -0.2) is 4.79 Å². The van der Waals surface area contributed by atoms with E-state index in [9.17, 15) is 9.90 Å². The Hall–Kier alpha value is -1.55. The summed E-state index contributed by atoms with van der Waals surface area (Å²) in [4.78, 5) is 13.7. The standard InChI is InChI=1S/C15H21NO3/c1-15(2,18)13-9-6-10-16(13)14(17)19-11-12-7-4-3-5-8-12/h3-5,7-8,13,18H,6,9-11H2,1-2H3. The smallest absolute Gasteiger partial charge is 0.410 e. The Bertz CT molecular complexity index is 425. The fourth-order valence-corrected chi connectivity index (χ4v) is 2.52. The largest absolute Gasteiger partial charge is 0.445 e. The second-order valence-electron chi connectivity index (χ2n) is 5.55. The summed E-state index contributed by atoms with van der Waals surface area (Å²) in [6.07, 6.45) is 1.40. The van der Waals surface area contributed by atoms with Gasteiger partial charge in [-0.3, -0.25) is 0 Å². The van der Waals surface area contributed by atoms with E-state index in [0.717, 1.165) is 18.4 Å². The average molecular weight is 263 g/mol. The van der Waals surface area contributed by atoms with Gasteiger partial charge < -0.3 is 14.7 Å². The second kappa shape index (κ2) is 5.61. The maximum Gasteiger partial charge on any atom is 0.410 e. The third kappa shape index (κ3) is 3.47. The summed E-state index contributed by atoms with van der Waals surface area (Å²) in [6.45, 7) is 4.40. The number of amides is 1. The fourth-order valence-electron chi connectivity index (χ4n) is 2.52. The van der Waals surface area contributed by atoms with Crippen molar-refractivity contribution in [3.8, 4) is 0 Å². The average Bonchev–Trinajstić information content (AvgIpc) is 2.86. The highest BCUT2D eigenvalue weighted by Gasteiger charge is 2.39. The van der Waals surface area contributed by atoms with Gasteiger partial charge in [0.1, 0.15) is 6.61 Å². The van der Waals surface area contributed by atoms with E-state index in [1.807, 2.05) is 30.3 Å². The lowest BCUT2D eigenvalue weighted by molar-refractivity contribution is -0.00561. The van der Waals surface area contributed by atoms with Gasteiger partial charge in [-0.15, -0.1) is 0 Å². The minimum atomic E-state index is -0.887. The highest BCUT2D eigenvalue weighted by molar-refractivity contribution is 5.68. The van der Waals surface area contributed by atoms with E-state index in [0.29, 0.717) is 6.54 Å². The van der Waals surface area contributed by atoms with Gasteiger partial charge in [-0.05, 0) is 32.3 Å². The van der Waals surface area contributed by atoms with Crippen molar-refractivity contribution in [2.45, 2.75) is 44.9 Å². The van der Waals surface area contributed by atoms with Crippen LogP contribution in [-0.2, 0) is 11.3 Å². The van der Waals surface area contributed by atoms with Crippen molar-refractivity contribution in [2.75, 3.05) is 6.54 Å². The monoisotopic (exact) mass is 263 g/mol. The number of nitrogens with zero attached hydrogens (tertiary/aromatic N) is 1. The molecule has 1 unspecified atom stereocenters. The van der Waals surface area contributed by atoms with E-state index in [-0.39, 0.29) is 18.7 Å². The molecule has 0 radical (unpaired) electrons. The number of ether oxygens (including phenoxy) is 1. The van der Waals surface area contributed by atoms with Crippen LogP contribution in [0.15, 0.2) is 30.3 Å². The number of hydrogen-bond acceptors (Lipinski definition) is 3. The van der Waals surface area contributed by atoms with E-state index in [2.05, 4.69) is 0 Å². The molecule has 1 aliphatic heterocycles. The Morgan fingerprint density at radius 2 is 2.11 bits per heavy atom. The van der Waals surface area contributed by atoms with Gasteiger partial charge in [0, 0.05) is 6.54 Å². The number of benzene rings is 1. The van der Waals surface area contributed by atoms with E-state index in [1.54, 1.807) is 18.7 Å². The highest BCUT2D eigenvalue weighted by atomic mass is 16.6. The molecule has 1 N–H and O–H groups in total. The molecular formula is C15H21NO3. The second-order valence-corrected chi connectivity index (χ2v) is 5.55. The number of carbonyl (C=O) groups is 1. The Balaban J connectivity index is 1.93. The van der Waals surface area contributed by atoms with Crippen molar-refractivity contribution in [3.63, 3.8) is 0 Å². The number of aliphatic hydroxyl groups is 1. The Kier molecular flexibility index (Phi) is 4.10. The van der Waals surface area contributed by atoms with Crippen molar-refractivity contribution in [2.24, 2.45) is 0 Å². The summed E-state index contributed by atoms with van der Waals surface area (Å²) < 4.78 is 5.31. The van der Waals surface area contributed by atoms with Gasteiger partial charge in [0.25, 0.3) is 0 Å². The number of carbonyl (C=O) groups excluding carboxylic acids is 1. The van der Waals surface area contributed by atoms with Crippen LogP contribution in [-0.4, -0.2) is 34.3 Å². The fraction of sp³-hybridized carbons (Fsp3) is 0.533. The first-order valence-electron chi connectivity index (χ1n) is 6.68. The van der Waals surface area contributed by atoms with E-state index in [4.69, 9.17) is 4.74 Å². The summed E-state index contributed by atoms with van der Waals surface area (Å²) in [5.41, 5.74) is 0.0808. The summed E-state index contributed by atoms with van der Waals surface area (Å²) in [5, 5.41) is 10.1. The first kappa shape index (κ1) is 13.9. The topological polar surface area (TPSA) is 49.8 Å². The van der Waals surface area contributed by atoms with Crippen molar-refractivity contribution in [1.29, 1.82) is 0 Å². The van der Waals surface area contributed by atoms with Crippen LogP contribution in [0.5, 0.6) is 0 Å². The molecule has 2 rings (SSSR count). The van der Waals surface area contributed by atoms with E-state index < -0.39 is 5.60 Å². The van der Waals surface area contributed by atoms with Crippen LogP contribution in [0.1, 0.15) is 32.3 Å². The lowest BCUT2D eigenvalue weighted by Gasteiger charge is -2.33. The molecule has 19 heavy (non-hydrogen) atoms. The van der Waals surface area contributed by atoms with Gasteiger partial charge >= 0.3 is 6.09 Å². The number of rotatable bonds is 3. The molecule has 104 valence electrons. The third-order valence-electron chi connectivity index (χ3n) is 3.51. The van der Waals surface area contributed by atoms with Gasteiger partial charge in [-0.2, -0.15) is 0 Å². The predicted molar refractivity (Wildman–Crippen MR) is 72.7 cm³/mol. The van der Waals surface area contributed by atoms with Crippen molar-refractivity contribution >= 4 is 6.09 Å². The van der Waals surface area contributed by atoms with E-state index >= 15 is 0 Å². The van der Waals surface area contributed by atoms with Crippen molar-refractivity contribution < 1.29 is 14.6 Å².